The predicted molar refractivity (Wildman–Crippen MR) is 151 cm³/mol. The van der Waals surface area contributed by atoms with Crippen LogP contribution in [0.4, 0.5) is 4.39 Å². The van der Waals surface area contributed by atoms with Gasteiger partial charge in [0.25, 0.3) is 5.91 Å². The van der Waals surface area contributed by atoms with Gasteiger partial charge in [0.2, 0.25) is 11.8 Å². The first-order valence-corrected chi connectivity index (χ1v) is 14.8. The van der Waals surface area contributed by atoms with Crippen molar-refractivity contribution >= 4 is 28.6 Å². The van der Waals surface area contributed by atoms with Crippen molar-refractivity contribution in [2.24, 2.45) is 0 Å². The molecule has 0 bridgehead atoms. The lowest BCUT2D eigenvalue weighted by Gasteiger charge is -2.29. The molecule has 3 aromatic rings. The summed E-state index contributed by atoms with van der Waals surface area (Å²) >= 11 is 0. The number of carbonyl (C=O) groups excluding carboxylic acids is 3. The van der Waals surface area contributed by atoms with Crippen LogP contribution in [0.25, 0.3) is 10.9 Å². The van der Waals surface area contributed by atoms with Crippen LogP contribution in [0.5, 0.6) is 5.75 Å². The second-order valence-corrected chi connectivity index (χ2v) is 11.7. The zero-order valence-corrected chi connectivity index (χ0v) is 23.3. The minimum absolute atomic E-state index is 0.0568. The highest BCUT2D eigenvalue weighted by Crippen LogP contribution is 2.32. The highest BCUT2D eigenvalue weighted by Gasteiger charge is 2.39. The number of fused-ring (bicyclic) bond motifs is 2. The fraction of sp³-hybridized carbons (Fsp3) is 0.438. The molecule has 4 aliphatic heterocycles. The van der Waals surface area contributed by atoms with E-state index in [1.54, 1.807) is 12.1 Å². The molecule has 218 valence electrons. The van der Waals surface area contributed by atoms with Gasteiger partial charge in [0, 0.05) is 73.9 Å². The molecule has 0 spiro atoms. The molecular formula is C32H33FN4O5. The Balaban J connectivity index is 0.979. The number of nitrogens with one attached hydrogen (secondary N) is 1. The van der Waals surface area contributed by atoms with E-state index in [0.717, 1.165) is 50.3 Å². The predicted octanol–water partition coefficient (Wildman–Crippen LogP) is 3.68. The van der Waals surface area contributed by atoms with Crippen molar-refractivity contribution in [3.8, 4) is 5.75 Å². The van der Waals surface area contributed by atoms with E-state index >= 15 is 4.39 Å². The van der Waals surface area contributed by atoms with Gasteiger partial charge in [-0.2, -0.15) is 0 Å². The number of rotatable bonds is 6. The number of halogens is 1. The van der Waals surface area contributed by atoms with Gasteiger partial charge < -0.3 is 14.4 Å². The fourth-order valence-electron chi connectivity index (χ4n) is 6.67. The minimum atomic E-state index is -0.643. The lowest BCUT2D eigenvalue weighted by Crippen LogP contribution is -2.52. The molecule has 3 amide bonds. The summed E-state index contributed by atoms with van der Waals surface area (Å²) in [6, 6.07) is 12.3. The number of piperidine rings is 1. The Morgan fingerprint density at radius 1 is 1.02 bits per heavy atom. The molecular weight excluding hydrogens is 539 g/mol. The molecule has 2 unspecified atom stereocenters. The van der Waals surface area contributed by atoms with Crippen molar-refractivity contribution in [3.63, 3.8) is 0 Å². The Bertz CT molecular complexity index is 1570. The van der Waals surface area contributed by atoms with Gasteiger partial charge in [-0.25, -0.2) is 4.39 Å². The maximum atomic E-state index is 15.5. The van der Waals surface area contributed by atoms with Crippen molar-refractivity contribution in [1.29, 1.82) is 0 Å². The van der Waals surface area contributed by atoms with Crippen LogP contribution in [-0.2, 0) is 27.4 Å². The van der Waals surface area contributed by atoms with E-state index in [-0.39, 0.29) is 30.2 Å². The number of imide groups is 1. The maximum absolute atomic E-state index is 15.5. The van der Waals surface area contributed by atoms with Gasteiger partial charge in [0.05, 0.1) is 5.52 Å². The van der Waals surface area contributed by atoms with Crippen molar-refractivity contribution < 1.29 is 28.2 Å². The number of hydrogen-bond donors (Lipinski definition) is 1. The first kappa shape index (κ1) is 27.0. The average Bonchev–Trinajstić information content (AvgIpc) is 3.58. The van der Waals surface area contributed by atoms with Gasteiger partial charge in [0.1, 0.15) is 23.7 Å². The number of aromatic nitrogens is 1. The molecule has 0 aliphatic carbocycles. The third-order valence-corrected chi connectivity index (χ3v) is 8.97. The van der Waals surface area contributed by atoms with Crippen LogP contribution in [0.2, 0.25) is 0 Å². The number of amides is 3. The molecule has 1 aromatic heterocycles. The van der Waals surface area contributed by atoms with Crippen molar-refractivity contribution in [1.82, 2.24) is 20.1 Å². The number of carbonyl (C=O) groups is 3. The van der Waals surface area contributed by atoms with Crippen LogP contribution in [0.15, 0.2) is 42.5 Å². The van der Waals surface area contributed by atoms with E-state index in [0.29, 0.717) is 59.8 Å². The number of nitrogens with zero attached hydrogens (tertiary/aromatic N) is 3. The standard InChI is InChI=1S/C32H33FN4O5/c33-30-20(1-5-27-25(30)4-6-26(34-27)19-10-13-41-14-11-19)16-36-12-9-23(18-36)42-22-2-3-24-21(15-22)17-37(32(24)40)28-7-8-29(38)35-31(28)39/h1-6,15,19,23,28H,7-14,16-18H2,(H,35,38,39). The van der Waals surface area contributed by atoms with Crippen LogP contribution in [0.1, 0.15) is 65.2 Å². The molecule has 2 atom stereocenters. The summed E-state index contributed by atoms with van der Waals surface area (Å²) < 4.78 is 27.3. The second kappa shape index (κ2) is 11.1. The van der Waals surface area contributed by atoms with E-state index in [2.05, 4.69) is 10.2 Å². The highest BCUT2D eigenvalue weighted by molar-refractivity contribution is 6.05. The van der Waals surface area contributed by atoms with E-state index in [1.165, 1.54) is 4.90 Å². The van der Waals surface area contributed by atoms with Gasteiger partial charge in [-0.05, 0) is 67.6 Å². The monoisotopic (exact) mass is 572 g/mol. The van der Waals surface area contributed by atoms with E-state index in [9.17, 15) is 14.4 Å². The fourth-order valence-corrected chi connectivity index (χ4v) is 6.67. The molecule has 5 heterocycles. The second-order valence-electron chi connectivity index (χ2n) is 11.7. The summed E-state index contributed by atoms with van der Waals surface area (Å²) in [5.41, 5.74) is 3.71. The molecule has 10 heteroatoms. The van der Waals surface area contributed by atoms with Gasteiger partial charge in [-0.3, -0.25) is 29.6 Å². The molecule has 0 radical (unpaired) electrons. The molecule has 9 nitrogen and oxygen atoms in total. The molecule has 7 rings (SSSR count). The van der Waals surface area contributed by atoms with Crippen LogP contribution >= 0.6 is 0 Å². The number of pyridine rings is 1. The Morgan fingerprint density at radius 2 is 1.88 bits per heavy atom. The lowest BCUT2D eigenvalue weighted by atomic mass is 9.95. The molecule has 4 aliphatic rings. The smallest absolute Gasteiger partial charge is 0.255 e. The number of benzene rings is 2. The Labute approximate surface area is 243 Å². The van der Waals surface area contributed by atoms with Gasteiger partial charge >= 0.3 is 0 Å². The first-order chi connectivity index (χ1) is 20.4. The molecule has 3 saturated heterocycles. The number of likely N-dealkylation sites (tertiary alicyclic amines) is 1. The average molecular weight is 573 g/mol. The van der Waals surface area contributed by atoms with Crippen LogP contribution < -0.4 is 10.1 Å². The molecule has 42 heavy (non-hydrogen) atoms. The minimum Gasteiger partial charge on any atom is -0.489 e. The van der Waals surface area contributed by atoms with Crippen LogP contribution in [0, 0.1) is 5.82 Å². The molecule has 3 fully saturated rings. The quantitative estimate of drug-likeness (QED) is 0.450. The highest BCUT2D eigenvalue weighted by atomic mass is 19.1. The molecule has 1 N–H and O–H groups in total. The lowest BCUT2D eigenvalue weighted by molar-refractivity contribution is -0.136. The van der Waals surface area contributed by atoms with Gasteiger partial charge in [0.15, 0.2) is 0 Å². The van der Waals surface area contributed by atoms with Crippen LogP contribution in [-0.4, -0.2) is 71.0 Å². The van der Waals surface area contributed by atoms with Crippen molar-refractivity contribution in [3.05, 3.63) is 70.7 Å². The zero-order valence-electron chi connectivity index (χ0n) is 23.3. The summed E-state index contributed by atoms with van der Waals surface area (Å²) in [5.74, 6) is -0.113. The van der Waals surface area contributed by atoms with Crippen LogP contribution in [0.3, 0.4) is 0 Å². The number of hydrogen-bond acceptors (Lipinski definition) is 7. The Morgan fingerprint density at radius 3 is 2.71 bits per heavy atom. The summed E-state index contributed by atoms with van der Waals surface area (Å²) in [6.07, 6.45) is 3.20. The third kappa shape index (κ3) is 5.13. The first-order valence-electron chi connectivity index (χ1n) is 14.8. The summed E-state index contributed by atoms with van der Waals surface area (Å²) in [5, 5.41) is 2.88. The van der Waals surface area contributed by atoms with Crippen molar-refractivity contribution in [2.75, 3.05) is 26.3 Å². The van der Waals surface area contributed by atoms with E-state index in [1.807, 2.05) is 30.3 Å². The normalized spacial score (nSPS) is 23.5. The Hall–Kier alpha value is -3.89. The van der Waals surface area contributed by atoms with Gasteiger partial charge in [-0.15, -0.1) is 0 Å². The maximum Gasteiger partial charge on any atom is 0.255 e. The summed E-state index contributed by atoms with van der Waals surface area (Å²) in [7, 11) is 0. The summed E-state index contributed by atoms with van der Waals surface area (Å²) in [4.78, 5) is 45.3. The van der Waals surface area contributed by atoms with E-state index < -0.39 is 11.9 Å². The van der Waals surface area contributed by atoms with Gasteiger partial charge in [-0.1, -0.05) is 6.07 Å². The van der Waals surface area contributed by atoms with E-state index in [4.69, 9.17) is 14.5 Å². The number of ether oxygens (including phenoxy) is 2. The summed E-state index contributed by atoms with van der Waals surface area (Å²) in [6.45, 7) is 3.73. The SMILES string of the molecule is O=C1CCC(N2Cc3cc(OC4CCN(Cc5ccc6nc(C7CCOCC7)ccc6c5F)C4)ccc3C2=O)C(=O)N1. The molecule has 2 aromatic carbocycles. The Kier molecular flexibility index (Phi) is 7.11. The largest absolute Gasteiger partial charge is 0.489 e. The molecule has 0 saturated carbocycles. The topological polar surface area (TPSA) is 101 Å². The third-order valence-electron chi connectivity index (χ3n) is 8.97. The zero-order chi connectivity index (χ0) is 28.8. The van der Waals surface area contributed by atoms with Crippen molar-refractivity contribution in [2.45, 2.75) is 63.3 Å².